The SMILES string of the molecule is C#CCN(C/C=C/[C@@H](OC(C)=O)[C@@H](COC(C)=O)OC(C)=O)S(=O)(=O)c1ccc(C)cc1. The highest BCUT2D eigenvalue weighted by Gasteiger charge is 2.27. The number of terminal acetylenes is 1. The summed E-state index contributed by atoms with van der Waals surface area (Å²) in [5, 5.41) is 0. The fourth-order valence-electron chi connectivity index (χ4n) is 2.56. The van der Waals surface area contributed by atoms with Crippen molar-refractivity contribution in [1.29, 1.82) is 0 Å². The Labute approximate surface area is 188 Å². The van der Waals surface area contributed by atoms with Crippen LogP contribution in [0.25, 0.3) is 0 Å². The number of nitrogens with zero attached hydrogens (tertiary/aromatic N) is 1. The summed E-state index contributed by atoms with van der Waals surface area (Å²) in [7, 11) is -3.88. The molecule has 2 atom stereocenters. The van der Waals surface area contributed by atoms with Gasteiger partial charge in [-0.3, -0.25) is 14.4 Å². The molecule has 0 saturated heterocycles. The van der Waals surface area contributed by atoms with Crippen molar-refractivity contribution in [3.8, 4) is 12.3 Å². The normalized spacial score (nSPS) is 13.2. The van der Waals surface area contributed by atoms with Crippen LogP contribution in [0, 0.1) is 19.3 Å². The molecule has 0 saturated carbocycles. The lowest BCUT2D eigenvalue weighted by molar-refractivity contribution is -0.169. The Kier molecular flexibility index (Phi) is 10.6. The molecule has 32 heavy (non-hydrogen) atoms. The summed E-state index contributed by atoms with van der Waals surface area (Å²) >= 11 is 0. The van der Waals surface area contributed by atoms with Crippen molar-refractivity contribution >= 4 is 27.9 Å². The molecule has 0 heterocycles. The third-order valence-electron chi connectivity index (χ3n) is 4.00. The molecule has 1 aromatic rings. The molecular weight excluding hydrogens is 438 g/mol. The summed E-state index contributed by atoms with van der Waals surface area (Å²) in [6, 6.07) is 6.31. The Balaban J connectivity index is 3.11. The van der Waals surface area contributed by atoms with Gasteiger partial charge in [0.15, 0.2) is 12.2 Å². The van der Waals surface area contributed by atoms with Crippen molar-refractivity contribution < 1.29 is 37.0 Å². The Morgan fingerprint density at radius 2 is 1.66 bits per heavy atom. The van der Waals surface area contributed by atoms with E-state index >= 15 is 0 Å². The highest BCUT2D eigenvalue weighted by Crippen LogP contribution is 2.17. The number of benzene rings is 1. The molecule has 0 amide bonds. The lowest BCUT2D eigenvalue weighted by Crippen LogP contribution is -2.37. The molecule has 0 N–H and O–H groups in total. The highest BCUT2D eigenvalue weighted by molar-refractivity contribution is 7.89. The number of esters is 3. The third kappa shape index (κ3) is 8.91. The first kappa shape index (κ1) is 26.9. The van der Waals surface area contributed by atoms with E-state index in [9.17, 15) is 22.8 Å². The van der Waals surface area contributed by atoms with Gasteiger partial charge < -0.3 is 14.2 Å². The van der Waals surface area contributed by atoms with Gasteiger partial charge in [0, 0.05) is 27.3 Å². The van der Waals surface area contributed by atoms with Gasteiger partial charge in [0.1, 0.15) is 6.61 Å². The minimum atomic E-state index is -3.88. The minimum Gasteiger partial charge on any atom is -0.462 e. The number of rotatable bonds is 11. The predicted octanol–water partition coefficient (Wildman–Crippen LogP) is 1.60. The van der Waals surface area contributed by atoms with Crippen molar-refractivity contribution in [1.82, 2.24) is 4.31 Å². The molecule has 1 aromatic carbocycles. The molecule has 0 fully saturated rings. The lowest BCUT2D eigenvalue weighted by atomic mass is 10.2. The quantitative estimate of drug-likeness (QED) is 0.209. The van der Waals surface area contributed by atoms with Gasteiger partial charge in [0.25, 0.3) is 0 Å². The molecule has 174 valence electrons. The molecule has 1 rings (SSSR count). The van der Waals surface area contributed by atoms with Gasteiger partial charge in [-0.05, 0) is 25.1 Å². The van der Waals surface area contributed by atoms with Crippen LogP contribution in [0.5, 0.6) is 0 Å². The molecule has 9 nitrogen and oxygen atoms in total. The largest absolute Gasteiger partial charge is 0.462 e. The van der Waals surface area contributed by atoms with E-state index in [0.717, 1.165) is 23.7 Å². The van der Waals surface area contributed by atoms with Crippen molar-refractivity contribution in [3.05, 3.63) is 42.0 Å². The molecular formula is C22H27NO8S. The number of aryl methyl sites for hydroxylation is 1. The van der Waals surface area contributed by atoms with Crippen molar-refractivity contribution in [2.75, 3.05) is 19.7 Å². The average Bonchev–Trinajstić information content (AvgIpc) is 2.69. The predicted molar refractivity (Wildman–Crippen MR) is 116 cm³/mol. The zero-order valence-electron chi connectivity index (χ0n) is 18.4. The summed E-state index contributed by atoms with van der Waals surface area (Å²) in [5.74, 6) is 0.343. The Hall–Kier alpha value is -3.16. The molecule has 0 radical (unpaired) electrons. The van der Waals surface area contributed by atoms with Crippen LogP contribution >= 0.6 is 0 Å². The maximum atomic E-state index is 12.9. The van der Waals surface area contributed by atoms with E-state index in [-0.39, 0.29) is 24.6 Å². The topological polar surface area (TPSA) is 116 Å². The molecule has 0 aliphatic rings. The van der Waals surface area contributed by atoms with Gasteiger partial charge in [-0.25, -0.2) is 8.42 Å². The molecule has 0 aromatic heterocycles. The standard InChI is InChI=1S/C22H27NO8S/c1-6-13-23(32(27,28)20-11-9-16(2)10-12-20)14-7-8-21(30-18(4)25)22(31-19(5)26)15-29-17(3)24/h1,7-12,21-22H,13-15H2,2-5H3/b8-7+/t21-,22-/m1/s1. The van der Waals surface area contributed by atoms with E-state index in [2.05, 4.69) is 5.92 Å². The number of sulfonamides is 1. The molecule has 0 unspecified atom stereocenters. The summed E-state index contributed by atoms with van der Waals surface area (Å²) in [6.45, 7) is 4.63. The van der Waals surface area contributed by atoms with Crippen LogP contribution in [0.15, 0.2) is 41.3 Å². The van der Waals surface area contributed by atoms with Gasteiger partial charge in [0.05, 0.1) is 11.4 Å². The molecule has 0 spiro atoms. The first-order valence-electron chi connectivity index (χ1n) is 9.62. The van der Waals surface area contributed by atoms with Crippen LogP contribution in [-0.2, 0) is 38.6 Å². The minimum absolute atomic E-state index is 0.0796. The van der Waals surface area contributed by atoms with E-state index in [1.807, 2.05) is 6.92 Å². The monoisotopic (exact) mass is 465 g/mol. The van der Waals surface area contributed by atoms with Crippen LogP contribution in [0.1, 0.15) is 26.3 Å². The number of carbonyl (C=O) groups excluding carboxylic acids is 3. The zero-order chi connectivity index (χ0) is 24.3. The van der Waals surface area contributed by atoms with E-state index < -0.39 is 40.1 Å². The molecule has 0 aliphatic heterocycles. The second-order valence-electron chi connectivity index (χ2n) is 6.77. The van der Waals surface area contributed by atoms with E-state index in [1.165, 1.54) is 31.2 Å². The third-order valence-corrected chi connectivity index (χ3v) is 5.82. The summed E-state index contributed by atoms with van der Waals surface area (Å²) in [5.41, 5.74) is 0.904. The fourth-order valence-corrected chi connectivity index (χ4v) is 3.87. The van der Waals surface area contributed by atoms with Gasteiger partial charge in [0.2, 0.25) is 10.0 Å². The first-order chi connectivity index (χ1) is 15.0. The van der Waals surface area contributed by atoms with Crippen LogP contribution in [0.4, 0.5) is 0 Å². The Bertz CT molecular complexity index is 976. The lowest BCUT2D eigenvalue weighted by Gasteiger charge is -2.24. The molecule has 0 aliphatic carbocycles. The van der Waals surface area contributed by atoms with Crippen molar-refractivity contribution in [3.63, 3.8) is 0 Å². The second kappa shape index (κ2) is 12.6. The number of hydrogen-bond acceptors (Lipinski definition) is 8. The van der Waals surface area contributed by atoms with Crippen molar-refractivity contribution in [2.45, 2.75) is 44.8 Å². The Morgan fingerprint density at radius 3 is 2.16 bits per heavy atom. The van der Waals surface area contributed by atoms with Crippen LogP contribution in [-0.4, -0.2) is 62.5 Å². The van der Waals surface area contributed by atoms with Crippen LogP contribution in [0.3, 0.4) is 0 Å². The second-order valence-corrected chi connectivity index (χ2v) is 8.71. The zero-order valence-corrected chi connectivity index (χ0v) is 19.3. The average molecular weight is 466 g/mol. The van der Waals surface area contributed by atoms with Gasteiger partial charge in [-0.2, -0.15) is 4.31 Å². The Morgan fingerprint density at radius 1 is 1.06 bits per heavy atom. The molecule has 10 heteroatoms. The summed E-state index contributed by atoms with van der Waals surface area (Å²) < 4.78 is 42.1. The smallest absolute Gasteiger partial charge is 0.303 e. The maximum absolute atomic E-state index is 12.9. The van der Waals surface area contributed by atoms with Crippen molar-refractivity contribution in [2.24, 2.45) is 0 Å². The van der Waals surface area contributed by atoms with Crippen LogP contribution < -0.4 is 0 Å². The van der Waals surface area contributed by atoms with Crippen LogP contribution in [0.2, 0.25) is 0 Å². The summed E-state index contributed by atoms with van der Waals surface area (Å²) in [6.07, 6.45) is 5.87. The maximum Gasteiger partial charge on any atom is 0.303 e. The number of hydrogen-bond donors (Lipinski definition) is 0. The van der Waals surface area contributed by atoms with Gasteiger partial charge in [-0.15, -0.1) is 6.42 Å². The summed E-state index contributed by atoms with van der Waals surface area (Å²) in [4.78, 5) is 34.2. The molecule has 0 bridgehead atoms. The first-order valence-corrected chi connectivity index (χ1v) is 11.1. The number of ether oxygens (including phenoxy) is 3. The van der Waals surface area contributed by atoms with Gasteiger partial charge >= 0.3 is 17.9 Å². The number of carbonyl (C=O) groups is 3. The van der Waals surface area contributed by atoms with E-state index in [4.69, 9.17) is 20.6 Å². The van der Waals surface area contributed by atoms with Gasteiger partial charge in [-0.1, -0.05) is 29.7 Å². The highest BCUT2D eigenvalue weighted by atomic mass is 32.2. The van der Waals surface area contributed by atoms with E-state index in [1.54, 1.807) is 12.1 Å². The van der Waals surface area contributed by atoms with E-state index in [0.29, 0.717) is 0 Å². The fraction of sp³-hybridized carbons (Fsp3) is 0.409.